The molecule has 1 atom stereocenters. The smallest absolute Gasteiger partial charge is 0.258 e. The summed E-state index contributed by atoms with van der Waals surface area (Å²) < 4.78 is 12.9. The van der Waals surface area contributed by atoms with Crippen molar-refractivity contribution in [3.63, 3.8) is 0 Å². The van der Waals surface area contributed by atoms with Crippen molar-refractivity contribution in [3.8, 4) is 0 Å². The van der Waals surface area contributed by atoms with Gasteiger partial charge in [-0.1, -0.05) is 62.4 Å². The van der Waals surface area contributed by atoms with E-state index in [1.807, 2.05) is 48.5 Å². The Kier molecular flexibility index (Phi) is 6.71. The fraction of sp³-hybridized carbons (Fsp3) is 0.217. The molecule has 0 aliphatic rings. The SMILES string of the molecule is CCc1cccc(CC)c1NC(=O)c1cccnc1S(=O)Cc1ccccc1. The maximum absolute atomic E-state index is 13.0. The molecule has 2 aromatic carbocycles. The van der Waals surface area contributed by atoms with Crippen molar-refractivity contribution < 1.29 is 9.00 Å². The quantitative estimate of drug-likeness (QED) is 0.630. The van der Waals surface area contributed by atoms with E-state index >= 15 is 0 Å². The number of amides is 1. The standard InChI is InChI=1S/C23H24N2O2S/c1-3-18-12-8-13-19(4-2)21(18)25-22(26)20-14-9-15-24-23(20)28(27)16-17-10-6-5-7-11-17/h5-15H,3-4,16H2,1-2H3,(H,25,26). The van der Waals surface area contributed by atoms with E-state index in [4.69, 9.17) is 0 Å². The molecule has 0 radical (unpaired) electrons. The molecule has 3 aromatic rings. The molecular formula is C23H24N2O2S. The van der Waals surface area contributed by atoms with Gasteiger partial charge >= 0.3 is 0 Å². The predicted molar refractivity (Wildman–Crippen MR) is 114 cm³/mol. The maximum Gasteiger partial charge on any atom is 0.258 e. The molecule has 0 saturated heterocycles. The highest BCUT2D eigenvalue weighted by atomic mass is 32.2. The predicted octanol–water partition coefficient (Wildman–Crippen LogP) is 4.77. The van der Waals surface area contributed by atoms with Gasteiger partial charge in [-0.3, -0.25) is 9.00 Å². The summed E-state index contributed by atoms with van der Waals surface area (Å²) in [6.07, 6.45) is 3.22. The zero-order valence-electron chi connectivity index (χ0n) is 16.1. The number of anilines is 1. The number of hydrogen-bond acceptors (Lipinski definition) is 3. The van der Waals surface area contributed by atoms with Gasteiger partial charge in [0.1, 0.15) is 5.03 Å². The minimum Gasteiger partial charge on any atom is -0.321 e. The summed E-state index contributed by atoms with van der Waals surface area (Å²) in [6, 6.07) is 19.0. The Morgan fingerprint density at radius 1 is 0.929 bits per heavy atom. The number of aromatic nitrogens is 1. The van der Waals surface area contributed by atoms with Gasteiger partial charge in [-0.15, -0.1) is 0 Å². The summed E-state index contributed by atoms with van der Waals surface area (Å²) in [5.74, 6) is 0.0456. The van der Waals surface area contributed by atoms with Gasteiger partial charge in [0.05, 0.1) is 22.1 Å². The van der Waals surface area contributed by atoms with E-state index in [2.05, 4.69) is 24.1 Å². The fourth-order valence-corrected chi connectivity index (χ4v) is 4.34. The van der Waals surface area contributed by atoms with Crippen LogP contribution in [0.3, 0.4) is 0 Å². The van der Waals surface area contributed by atoms with E-state index in [1.54, 1.807) is 18.3 Å². The molecule has 0 aliphatic carbocycles. The average Bonchev–Trinajstić information content (AvgIpc) is 2.74. The largest absolute Gasteiger partial charge is 0.321 e. The molecule has 0 fully saturated rings. The Morgan fingerprint density at radius 2 is 1.61 bits per heavy atom. The minimum absolute atomic E-state index is 0.278. The first-order valence-electron chi connectivity index (χ1n) is 9.43. The van der Waals surface area contributed by atoms with Crippen LogP contribution >= 0.6 is 0 Å². The normalized spacial score (nSPS) is 11.8. The third-order valence-corrected chi connectivity index (χ3v) is 5.96. The summed E-state index contributed by atoms with van der Waals surface area (Å²) in [5.41, 5.74) is 4.32. The monoisotopic (exact) mass is 392 g/mol. The first-order chi connectivity index (χ1) is 13.6. The lowest BCUT2D eigenvalue weighted by Gasteiger charge is -2.15. The summed E-state index contributed by atoms with van der Waals surface area (Å²) in [7, 11) is -1.41. The lowest BCUT2D eigenvalue weighted by molar-refractivity contribution is 0.102. The van der Waals surface area contributed by atoms with Crippen molar-refractivity contribution in [1.29, 1.82) is 0 Å². The summed E-state index contributed by atoms with van der Waals surface area (Å²) >= 11 is 0. The van der Waals surface area contributed by atoms with Crippen LogP contribution < -0.4 is 5.32 Å². The molecule has 0 bridgehead atoms. The van der Waals surface area contributed by atoms with Crippen molar-refractivity contribution in [2.24, 2.45) is 0 Å². The molecule has 1 unspecified atom stereocenters. The van der Waals surface area contributed by atoms with Crippen molar-refractivity contribution in [2.45, 2.75) is 37.5 Å². The van der Waals surface area contributed by atoms with E-state index in [1.165, 1.54) is 0 Å². The molecule has 28 heavy (non-hydrogen) atoms. The van der Waals surface area contributed by atoms with Crippen LogP contribution in [0.1, 0.15) is 40.9 Å². The van der Waals surface area contributed by atoms with E-state index in [0.29, 0.717) is 16.3 Å². The van der Waals surface area contributed by atoms with E-state index in [-0.39, 0.29) is 5.91 Å². The molecule has 1 aromatic heterocycles. The third-order valence-electron chi connectivity index (χ3n) is 4.61. The first-order valence-corrected chi connectivity index (χ1v) is 10.7. The minimum atomic E-state index is -1.41. The number of benzene rings is 2. The Morgan fingerprint density at radius 3 is 2.25 bits per heavy atom. The summed E-state index contributed by atoms with van der Waals surface area (Å²) in [5, 5.41) is 3.36. The van der Waals surface area contributed by atoms with Gasteiger partial charge in [-0.2, -0.15) is 0 Å². The number of hydrogen-bond donors (Lipinski definition) is 1. The molecule has 0 spiro atoms. The molecule has 1 N–H and O–H groups in total. The fourth-order valence-electron chi connectivity index (χ4n) is 3.12. The number of carbonyl (C=O) groups excluding carboxylic acids is 1. The Balaban J connectivity index is 1.89. The highest BCUT2D eigenvalue weighted by Crippen LogP contribution is 2.24. The lowest BCUT2D eigenvalue weighted by atomic mass is 10.0. The van der Waals surface area contributed by atoms with Crippen LogP contribution in [-0.4, -0.2) is 15.1 Å². The van der Waals surface area contributed by atoms with E-state index in [9.17, 15) is 9.00 Å². The topological polar surface area (TPSA) is 59.1 Å². The number of rotatable bonds is 7. The van der Waals surface area contributed by atoms with Crippen LogP contribution in [0.4, 0.5) is 5.69 Å². The van der Waals surface area contributed by atoms with Crippen LogP contribution in [0.15, 0.2) is 71.9 Å². The molecule has 1 heterocycles. The molecule has 4 nitrogen and oxygen atoms in total. The maximum atomic E-state index is 13.0. The molecule has 0 saturated carbocycles. The first kappa shape index (κ1) is 20.0. The second-order valence-electron chi connectivity index (χ2n) is 6.44. The van der Waals surface area contributed by atoms with Crippen molar-refractivity contribution in [1.82, 2.24) is 4.98 Å². The molecular weight excluding hydrogens is 368 g/mol. The number of nitrogens with one attached hydrogen (secondary N) is 1. The van der Waals surface area contributed by atoms with Crippen LogP contribution in [-0.2, 0) is 29.4 Å². The highest BCUT2D eigenvalue weighted by Gasteiger charge is 2.19. The second-order valence-corrected chi connectivity index (χ2v) is 7.81. The van der Waals surface area contributed by atoms with E-state index < -0.39 is 10.8 Å². The number of carbonyl (C=O) groups is 1. The number of pyridine rings is 1. The number of nitrogens with zero attached hydrogens (tertiary/aromatic N) is 1. The van der Waals surface area contributed by atoms with Gasteiger partial charge in [-0.05, 0) is 41.7 Å². The Labute approximate surface area is 168 Å². The third kappa shape index (κ3) is 4.54. The highest BCUT2D eigenvalue weighted by molar-refractivity contribution is 7.84. The van der Waals surface area contributed by atoms with Crippen molar-refractivity contribution in [3.05, 3.63) is 89.1 Å². The average molecular weight is 393 g/mol. The second kappa shape index (κ2) is 9.42. The molecule has 5 heteroatoms. The van der Waals surface area contributed by atoms with Crippen LogP contribution in [0.25, 0.3) is 0 Å². The van der Waals surface area contributed by atoms with Gasteiger partial charge in [0, 0.05) is 11.9 Å². The van der Waals surface area contributed by atoms with Crippen LogP contribution in [0, 0.1) is 0 Å². The Hall–Kier alpha value is -2.79. The van der Waals surface area contributed by atoms with Crippen molar-refractivity contribution in [2.75, 3.05) is 5.32 Å². The van der Waals surface area contributed by atoms with Gasteiger partial charge in [-0.25, -0.2) is 4.98 Å². The molecule has 3 rings (SSSR count). The molecule has 144 valence electrons. The lowest BCUT2D eigenvalue weighted by Crippen LogP contribution is -2.18. The number of para-hydroxylation sites is 1. The van der Waals surface area contributed by atoms with Gasteiger partial charge in [0.15, 0.2) is 0 Å². The Bertz CT molecular complexity index is 965. The van der Waals surface area contributed by atoms with Crippen molar-refractivity contribution >= 4 is 22.4 Å². The molecule has 0 aliphatic heterocycles. The zero-order chi connectivity index (χ0) is 19.9. The van der Waals surface area contributed by atoms with Gasteiger partial charge in [0.25, 0.3) is 5.91 Å². The number of aryl methyl sites for hydroxylation is 2. The van der Waals surface area contributed by atoms with Gasteiger partial charge in [0.2, 0.25) is 0 Å². The summed E-state index contributed by atoms with van der Waals surface area (Å²) in [4.78, 5) is 17.3. The zero-order valence-corrected chi connectivity index (χ0v) is 17.0. The summed E-state index contributed by atoms with van der Waals surface area (Å²) in [6.45, 7) is 4.13. The van der Waals surface area contributed by atoms with Crippen LogP contribution in [0.5, 0.6) is 0 Å². The van der Waals surface area contributed by atoms with Gasteiger partial charge < -0.3 is 5.32 Å². The molecule has 1 amide bonds. The van der Waals surface area contributed by atoms with E-state index in [0.717, 1.165) is 35.2 Å². The van der Waals surface area contributed by atoms with Crippen LogP contribution in [0.2, 0.25) is 0 Å².